The van der Waals surface area contributed by atoms with E-state index in [1.54, 1.807) is 0 Å². The van der Waals surface area contributed by atoms with Crippen molar-refractivity contribution in [1.82, 2.24) is 4.31 Å². The summed E-state index contributed by atoms with van der Waals surface area (Å²) in [4.78, 5) is 3.44. The molecule has 1 saturated heterocycles. The first kappa shape index (κ1) is 11.7. The summed E-state index contributed by atoms with van der Waals surface area (Å²) in [6.07, 6.45) is 0.966. The Bertz CT molecular complexity index is 298. The summed E-state index contributed by atoms with van der Waals surface area (Å²) in [5.41, 5.74) is 0. The van der Waals surface area contributed by atoms with Crippen molar-refractivity contribution in [3.63, 3.8) is 0 Å². The minimum Gasteiger partial charge on any atom is -0.283 e. The van der Waals surface area contributed by atoms with Gasteiger partial charge in [0.25, 0.3) is 0 Å². The zero-order chi connectivity index (χ0) is 10.8. The first-order valence-electron chi connectivity index (χ1n) is 4.87. The van der Waals surface area contributed by atoms with Crippen LogP contribution in [0.4, 0.5) is 0 Å². The van der Waals surface area contributed by atoms with Crippen LogP contribution >= 0.6 is 0 Å². The molecule has 82 valence electrons. The van der Waals surface area contributed by atoms with E-state index in [1.165, 1.54) is 4.31 Å². The molecular weight excluding hydrogens is 200 g/mol. The van der Waals surface area contributed by atoms with Gasteiger partial charge in [-0.2, -0.15) is 0 Å². The molecule has 4 nitrogen and oxygen atoms in total. The van der Waals surface area contributed by atoms with E-state index < -0.39 is 10.0 Å². The first-order chi connectivity index (χ1) is 6.47. The maximum Gasteiger partial charge on any atom is 0.234 e. The molecule has 0 N–H and O–H groups in total. The number of hydrogen-bond donors (Lipinski definition) is 0. The van der Waals surface area contributed by atoms with Gasteiger partial charge in [0.05, 0.1) is 0 Å². The summed E-state index contributed by atoms with van der Waals surface area (Å²) < 4.78 is 24.7. The lowest BCUT2D eigenvalue weighted by molar-refractivity contribution is 0.389. The molecule has 0 aromatic rings. The normalized spacial score (nSPS) is 24.4. The monoisotopic (exact) mass is 218 g/mol. The van der Waals surface area contributed by atoms with Gasteiger partial charge >= 0.3 is 0 Å². The van der Waals surface area contributed by atoms with Crippen molar-refractivity contribution in [2.45, 2.75) is 20.3 Å². The summed E-state index contributed by atoms with van der Waals surface area (Å²) in [7, 11) is -3.17. The Morgan fingerprint density at radius 3 is 2.64 bits per heavy atom. The Hall–Kier alpha value is -0.420. The predicted octanol–water partition coefficient (Wildman–Crippen LogP) is 0.952. The smallest absolute Gasteiger partial charge is 0.234 e. The van der Waals surface area contributed by atoms with E-state index in [2.05, 4.69) is 25.6 Å². The van der Waals surface area contributed by atoms with Crippen LogP contribution in [0.2, 0.25) is 0 Å². The van der Waals surface area contributed by atoms with E-state index >= 15 is 0 Å². The van der Waals surface area contributed by atoms with Gasteiger partial charge in [-0.3, -0.25) is 4.99 Å². The van der Waals surface area contributed by atoms with Gasteiger partial charge in [-0.1, -0.05) is 13.8 Å². The van der Waals surface area contributed by atoms with Crippen LogP contribution in [-0.2, 0) is 10.0 Å². The highest BCUT2D eigenvalue weighted by atomic mass is 32.2. The molecule has 1 heterocycles. The van der Waals surface area contributed by atoms with Gasteiger partial charge in [0, 0.05) is 13.1 Å². The van der Waals surface area contributed by atoms with Crippen LogP contribution in [0.3, 0.4) is 0 Å². The third-order valence-electron chi connectivity index (χ3n) is 2.78. The lowest BCUT2D eigenvalue weighted by Gasteiger charge is -2.16. The van der Waals surface area contributed by atoms with Crippen molar-refractivity contribution >= 4 is 16.7 Å². The van der Waals surface area contributed by atoms with Crippen LogP contribution in [0, 0.1) is 11.8 Å². The summed E-state index contributed by atoms with van der Waals surface area (Å²) in [6, 6.07) is 0. The zero-order valence-corrected chi connectivity index (χ0v) is 9.63. The molecule has 1 unspecified atom stereocenters. The van der Waals surface area contributed by atoms with Crippen molar-refractivity contribution in [1.29, 1.82) is 0 Å². The molecule has 1 fully saturated rings. The number of hydrogen-bond acceptors (Lipinski definition) is 3. The standard InChI is InChI=1S/C9H18N2O2S/c1-8(2)9-4-5-11(6-9)14(12,13)7-10-3/h8-9H,3-7H2,1-2H3. The molecule has 0 spiro atoms. The van der Waals surface area contributed by atoms with Crippen molar-refractivity contribution in [3.8, 4) is 0 Å². The van der Waals surface area contributed by atoms with Crippen molar-refractivity contribution < 1.29 is 8.42 Å². The molecule has 1 aliphatic rings. The highest BCUT2D eigenvalue weighted by Crippen LogP contribution is 2.25. The van der Waals surface area contributed by atoms with Crippen molar-refractivity contribution in [3.05, 3.63) is 0 Å². The van der Waals surface area contributed by atoms with Crippen molar-refractivity contribution in [2.75, 3.05) is 19.0 Å². The molecule has 0 saturated carbocycles. The fourth-order valence-electron chi connectivity index (χ4n) is 1.75. The molecule has 1 atom stereocenters. The highest BCUT2D eigenvalue weighted by molar-refractivity contribution is 7.89. The molecule has 0 radical (unpaired) electrons. The predicted molar refractivity (Wildman–Crippen MR) is 57.9 cm³/mol. The number of rotatable bonds is 4. The molecule has 5 heteroatoms. The van der Waals surface area contributed by atoms with Gasteiger partial charge in [0.1, 0.15) is 0 Å². The molecule has 1 aliphatic heterocycles. The van der Waals surface area contributed by atoms with Gasteiger partial charge in [-0.25, -0.2) is 12.7 Å². The fourth-order valence-corrected chi connectivity index (χ4v) is 2.94. The fraction of sp³-hybridized carbons (Fsp3) is 0.889. The van der Waals surface area contributed by atoms with E-state index in [-0.39, 0.29) is 5.88 Å². The van der Waals surface area contributed by atoms with Gasteiger partial charge in [0.2, 0.25) is 10.0 Å². The van der Waals surface area contributed by atoms with Gasteiger partial charge in [-0.15, -0.1) is 0 Å². The summed E-state index contributed by atoms with van der Waals surface area (Å²) in [6.45, 7) is 8.77. The summed E-state index contributed by atoms with van der Waals surface area (Å²) >= 11 is 0. The average Bonchev–Trinajstić information content (AvgIpc) is 2.51. The molecular formula is C9H18N2O2S. The van der Waals surface area contributed by atoms with Gasteiger partial charge in [-0.05, 0) is 25.0 Å². The molecule has 0 aromatic carbocycles. The van der Waals surface area contributed by atoms with Crippen LogP contribution in [-0.4, -0.2) is 38.4 Å². The highest BCUT2D eigenvalue weighted by Gasteiger charge is 2.31. The lowest BCUT2D eigenvalue weighted by Crippen LogP contribution is -2.31. The Balaban J connectivity index is 2.62. The van der Waals surface area contributed by atoms with Crippen LogP contribution in [0.1, 0.15) is 20.3 Å². The minimum atomic E-state index is -3.17. The maximum absolute atomic E-state index is 11.6. The molecule has 0 aromatic heterocycles. The largest absolute Gasteiger partial charge is 0.283 e. The van der Waals surface area contributed by atoms with Crippen LogP contribution in [0.25, 0.3) is 0 Å². The number of sulfonamides is 1. The molecule has 0 bridgehead atoms. The van der Waals surface area contributed by atoms with E-state index in [0.717, 1.165) is 6.42 Å². The molecule has 0 aliphatic carbocycles. The number of aliphatic imine (C=N–C) groups is 1. The Morgan fingerprint density at radius 1 is 1.57 bits per heavy atom. The second-order valence-corrected chi connectivity index (χ2v) is 6.05. The molecule has 14 heavy (non-hydrogen) atoms. The van der Waals surface area contributed by atoms with Crippen LogP contribution < -0.4 is 0 Å². The zero-order valence-electron chi connectivity index (χ0n) is 8.81. The van der Waals surface area contributed by atoms with E-state index in [9.17, 15) is 8.42 Å². The molecule has 1 rings (SSSR count). The summed E-state index contributed by atoms with van der Waals surface area (Å²) in [5.74, 6) is 0.860. The van der Waals surface area contributed by atoms with Crippen LogP contribution in [0.15, 0.2) is 4.99 Å². The van der Waals surface area contributed by atoms with E-state index in [0.29, 0.717) is 24.9 Å². The van der Waals surface area contributed by atoms with Gasteiger partial charge < -0.3 is 0 Å². The van der Waals surface area contributed by atoms with Gasteiger partial charge in [0.15, 0.2) is 5.88 Å². The van der Waals surface area contributed by atoms with Crippen LogP contribution in [0.5, 0.6) is 0 Å². The third-order valence-corrected chi connectivity index (χ3v) is 4.41. The minimum absolute atomic E-state index is 0.183. The second-order valence-electron chi connectivity index (χ2n) is 4.12. The lowest BCUT2D eigenvalue weighted by atomic mass is 9.96. The first-order valence-corrected chi connectivity index (χ1v) is 6.48. The Morgan fingerprint density at radius 2 is 2.21 bits per heavy atom. The SMILES string of the molecule is C=NCS(=O)(=O)N1CCC(C(C)C)C1. The second kappa shape index (κ2) is 4.40. The van der Waals surface area contributed by atoms with Crippen molar-refractivity contribution in [2.24, 2.45) is 16.8 Å². The third kappa shape index (κ3) is 2.54. The van der Waals surface area contributed by atoms with E-state index in [1.807, 2.05) is 0 Å². The average molecular weight is 218 g/mol. The quantitative estimate of drug-likeness (QED) is 0.660. The molecule has 0 amide bonds. The maximum atomic E-state index is 11.6. The Kier molecular flexibility index (Phi) is 3.66. The topological polar surface area (TPSA) is 49.7 Å². The van der Waals surface area contributed by atoms with E-state index in [4.69, 9.17) is 0 Å². The Labute approximate surface area is 86.1 Å². The summed E-state index contributed by atoms with van der Waals surface area (Å²) in [5, 5.41) is 0. The number of nitrogens with zero attached hydrogens (tertiary/aromatic N) is 2.